The molecular formula is C23H29N3O2. The van der Waals surface area contributed by atoms with Gasteiger partial charge >= 0.3 is 6.03 Å². The lowest BCUT2D eigenvalue weighted by Gasteiger charge is -2.23. The van der Waals surface area contributed by atoms with Crippen LogP contribution in [0.3, 0.4) is 0 Å². The number of anilines is 1. The Morgan fingerprint density at radius 1 is 1.11 bits per heavy atom. The summed E-state index contributed by atoms with van der Waals surface area (Å²) >= 11 is 0. The van der Waals surface area contributed by atoms with Crippen molar-refractivity contribution in [3.8, 4) is 0 Å². The fraction of sp³-hybridized carbons (Fsp3) is 0.391. The zero-order chi connectivity index (χ0) is 20.1. The SMILES string of the molecule is CC(C)CCNC(=O)NCc1ccc2c(c1)N(C(=O)c1ccccc1)[C@@H](C)C2. The van der Waals surface area contributed by atoms with Gasteiger partial charge < -0.3 is 15.5 Å². The van der Waals surface area contributed by atoms with Crippen LogP contribution < -0.4 is 15.5 Å². The highest BCUT2D eigenvalue weighted by atomic mass is 16.2. The second-order valence-electron chi connectivity index (χ2n) is 7.85. The summed E-state index contributed by atoms with van der Waals surface area (Å²) in [7, 11) is 0. The monoisotopic (exact) mass is 379 g/mol. The molecule has 1 aliphatic rings. The molecule has 0 spiro atoms. The fourth-order valence-corrected chi connectivity index (χ4v) is 3.51. The summed E-state index contributed by atoms with van der Waals surface area (Å²) in [6.45, 7) is 7.44. The number of amides is 3. The number of urea groups is 1. The molecule has 2 aromatic carbocycles. The largest absolute Gasteiger partial charge is 0.338 e. The van der Waals surface area contributed by atoms with E-state index in [1.165, 1.54) is 5.56 Å². The van der Waals surface area contributed by atoms with Crippen LogP contribution in [0.25, 0.3) is 0 Å². The van der Waals surface area contributed by atoms with Gasteiger partial charge in [0.2, 0.25) is 0 Å². The molecule has 5 heteroatoms. The molecule has 0 unspecified atom stereocenters. The lowest BCUT2D eigenvalue weighted by Crippen LogP contribution is -2.36. The van der Waals surface area contributed by atoms with E-state index in [1.54, 1.807) is 0 Å². The minimum atomic E-state index is -0.160. The van der Waals surface area contributed by atoms with E-state index in [2.05, 4.69) is 37.5 Å². The Morgan fingerprint density at radius 3 is 2.57 bits per heavy atom. The van der Waals surface area contributed by atoms with Gasteiger partial charge in [-0.1, -0.05) is 44.2 Å². The Morgan fingerprint density at radius 2 is 1.86 bits per heavy atom. The van der Waals surface area contributed by atoms with E-state index >= 15 is 0 Å². The summed E-state index contributed by atoms with van der Waals surface area (Å²) in [6.07, 6.45) is 1.80. The highest BCUT2D eigenvalue weighted by Crippen LogP contribution is 2.34. The molecule has 2 aromatic rings. The molecule has 0 fully saturated rings. The normalized spacial score (nSPS) is 15.4. The summed E-state index contributed by atoms with van der Waals surface area (Å²) in [4.78, 5) is 26.8. The van der Waals surface area contributed by atoms with Crippen molar-refractivity contribution in [3.63, 3.8) is 0 Å². The molecule has 0 saturated carbocycles. The minimum Gasteiger partial charge on any atom is -0.338 e. The van der Waals surface area contributed by atoms with E-state index in [-0.39, 0.29) is 18.0 Å². The fourth-order valence-electron chi connectivity index (χ4n) is 3.51. The standard InChI is InChI=1S/C23H29N3O2/c1-16(2)11-12-24-23(28)25-15-18-9-10-20-13-17(3)26(21(20)14-18)22(27)19-7-5-4-6-8-19/h4-10,14,16-17H,11-13,15H2,1-3H3,(H2,24,25,28)/t17-/m0/s1. The topological polar surface area (TPSA) is 61.4 Å². The summed E-state index contributed by atoms with van der Waals surface area (Å²) < 4.78 is 0. The van der Waals surface area contributed by atoms with Gasteiger partial charge in [-0.15, -0.1) is 0 Å². The van der Waals surface area contributed by atoms with Gasteiger partial charge in [0.1, 0.15) is 0 Å². The lowest BCUT2D eigenvalue weighted by atomic mass is 10.1. The van der Waals surface area contributed by atoms with Crippen LogP contribution in [-0.2, 0) is 13.0 Å². The van der Waals surface area contributed by atoms with Crippen LogP contribution in [0.1, 0.15) is 48.7 Å². The number of benzene rings is 2. The molecule has 28 heavy (non-hydrogen) atoms. The van der Waals surface area contributed by atoms with Crippen molar-refractivity contribution in [1.29, 1.82) is 0 Å². The molecule has 3 amide bonds. The van der Waals surface area contributed by atoms with Crippen molar-refractivity contribution in [1.82, 2.24) is 10.6 Å². The molecule has 0 saturated heterocycles. The summed E-state index contributed by atoms with van der Waals surface area (Å²) in [6, 6.07) is 15.4. The number of hydrogen-bond acceptors (Lipinski definition) is 2. The van der Waals surface area contributed by atoms with Crippen LogP contribution >= 0.6 is 0 Å². The average molecular weight is 380 g/mol. The molecule has 148 valence electrons. The predicted molar refractivity (Wildman–Crippen MR) is 113 cm³/mol. The van der Waals surface area contributed by atoms with Crippen molar-refractivity contribution in [3.05, 3.63) is 65.2 Å². The Labute approximate surface area is 167 Å². The van der Waals surface area contributed by atoms with Crippen molar-refractivity contribution in [2.45, 2.75) is 46.2 Å². The lowest BCUT2D eigenvalue weighted by molar-refractivity contribution is 0.0981. The Hall–Kier alpha value is -2.82. The average Bonchev–Trinajstić information content (AvgIpc) is 3.01. The van der Waals surface area contributed by atoms with Crippen molar-refractivity contribution in [2.75, 3.05) is 11.4 Å². The minimum absolute atomic E-state index is 0.0170. The van der Waals surface area contributed by atoms with E-state index in [4.69, 9.17) is 0 Å². The maximum Gasteiger partial charge on any atom is 0.315 e. The van der Waals surface area contributed by atoms with Crippen LogP contribution in [0.5, 0.6) is 0 Å². The molecule has 5 nitrogen and oxygen atoms in total. The molecule has 1 aliphatic heterocycles. The molecular weight excluding hydrogens is 350 g/mol. The maximum absolute atomic E-state index is 13.0. The Bertz CT molecular complexity index is 833. The van der Waals surface area contributed by atoms with Gasteiger partial charge in [-0.3, -0.25) is 4.79 Å². The van der Waals surface area contributed by atoms with Crippen molar-refractivity contribution < 1.29 is 9.59 Å². The Balaban J connectivity index is 1.67. The van der Waals surface area contributed by atoms with E-state index in [0.29, 0.717) is 24.6 Å². The smallest absolute Gasteiger partial charge is 0.315 e. The van der Waals surface area contributed by atoms with Gasteiger partial charge in [0.15, 0.2) is 0 Å². The van der Waals surface area contributed by atoms with Crippen LogP contribution in [0.2, 0.25) is 0 Å². The number of nitrogens with one attached hydrogen (secondary N) is 2. The highest BCUT2D eigenvalue weighted by Gasteiger charge is 2.31. The van der Waals surface area contributed by atoms with Crippen LogP contribution in [0, 0.1) is 5.92 Å². The van der Waals surface area contributed by atoms with Gasteiger partial charge in [0, 0.05) is 30.4 Å². The zero-order valence-corrected chi connectivity index (χ0v) is 16.9. The van der Waals surface area contributed by atoms with E-state index in [1.807, 2.05) is 47.4 Å². The highest BCUT2D eigenvalue weighted by molar-refractivity contribution is 6.07. The molecule has 2 N–H and O–H groups in total. The number of nitrogens with zero attached hydrogens (tertiary/aromatic N) is 1. The molecule has 1 heterocycles. The number of hydrogen-bond donors (Lipinski definition) is 2. The molecule has 0 aliphatic carbocycles. The summed E-state index contributed by atoms with van der Waals surface area (Å²) in [5.74, 6) is 0.579. The first-order chi connectivity index (χ1) is 13.5. The third kappa shape index (κ3) is 4.71. The second kappa shape index (κ2) is 8.91. The third-order valence-corrected chi connectivity index (χ3v) is 5.07. The summed E-state index contributed by atoms with van der Waals surface area (Å²) in [5, 5.41) is 5.77. The van der Waals surface area contributed by atoms with E-state index in [0.717, 1.165) is 24.1 Å². The first-order valence-electron chi connectivity index (χ1n) is 9.98. The first kappa shape index (κ1) is 19.9. The van der Waals surface area contributed by atoms with Gasteiger partial charge in [0.25, 0.3) is 5.91 Å². The first-order valence-corrected chi connectivity index (χ1v) is 9.98. The van der Waals surface area contributed by atoms with Gasteiger partial charge in [0.05, 0.1) is 0 Å². The Kier molecular flexibility index (Phi) is 6.34. The summed E-state index contributed by atoms with van der Waals surface area (Å²) in [5.41, 5.74) is 3.79. The third-order valence-electron chi connectivity index (χ3n) is 5.07. The van der Waals surface area contributed by atoms with Crippen LogP contribution in [0.15, 0.2) is 48.5 Å². The van der Waals surface area contributed by atoms with E-state index < -0.39 is 0 Å². The number of rotatable bonds is 6. The van der Waals surface area contributed by atoms with Gasteiger partial charge in [-0.2, -0.15) is 0 Å². The van der Waals surface area contributed by atoms with Crippen molar-refractivity contribution in [2.24, 2.45) is 5.92 Å². The van der Waals surface area contributed by atoms with E-state index in [9.17, 15) is 9.59 Å². The molecule has 0 radical (unpaired) electrons. The molecule has 3 rings (SSSR count). The quantitative estimate of drug-likeness (QED) is 0.793. The molecule has 0 bridgehead atoms. The molecule has 1 atom stereocenters. The number of carbonyl (C=O) groups is 2. The molecule has 0 aromatic heterocycles. The zero-order valence-electron chi connectivity index (χ0n) is 16.9. The predicted octanol–water partition coefficient (Wildman–Crippen LogP) is 4.12. The second-order valence-corrected chi connectivity index (χ2v) is 7.85. The van der Waals surface area contributed by atoms with Gasteiger partial charge in [-0.05, 0) is 55.0 Å². The maximum atomic E-state index is 13.0. The van der Waals surface area contributed by atoms with Crippen LogP contribution in [-0.4, -0.2) is 24.5 Å². The van der Waals surface area contributed by atoms with Crippen molar-refractivity contribution >= 4 is 17.6 Å². The number of carbonyl (C=O) groups excluding carboxylic acids is 2. The van der Waals surface area contributed by atoms with Gasteiger partial charge in [-0.25, -0.2) is 4.79 Å². The number of fused-ring (bicyclic) bond motifs is 1. The van der Waals surface area contributed by atoms with Crippen LogP contribution in [0.4, 0.5) is 10.5 Å².